The number of anilines is 1. The third-order valence-corrected chi connectivity index (χ3v) is 4.53. The number of benzene rings is 1. The summed E-state index contributed by atoms with van der Waals surface area (Å²) in [5, 5.41) is 2.80. The van der Waals surface area contributed by atoms with Crippen LogP contribution in [0, 0.1) is 5.82 Å². The van der Waals surface area contributed by atoms with E-state index in [1.54, 1.807) is 24.4 Å². The molecule has 4 nitrogen and oxygen atoms in total. The minimum Gasteiger partial charge on any atom is -0.357 e. The van der Waals surface area contributed by atoms with Gasteiger partial charge in [-0.05, 0) is 36.6 Å². The fourth-order valence-corrected chi connectivity index (χ4v) is 3.03. The largest absolute Gasteiger partial charge is 0.357 e. The van der Waals surface area contributed by atoms with Gasteiger partial charge in [-0.15, -0.1) is 0 Å². The maximum Gasteiger partial charge on any atom is 0.244 e. The fraction of sp³-hybridized carbons (Fsp3) is 0.333. The van der Waals surface area contributed by atoms with Crippen molar-refractivity contribution < 1.29 is 9.18 Å². The molecule has 1 aliphatic heterocycles. The average Bonchev–Trinajstić information content (AvgIpc) is 2.96. The predicted octanol–water partition coefficient (Wildman–Crippen LogP) is 3.93. The Labute approximate surface area is 153 Å². The van der Waals surface area contributed by atoms with Crippen molar-refractivity contribution in [3.05, 3.63) is 65.6 Å². The molecule has 1 N–H and O–H groups in total. The van der Waals surface area contributed by atoms with Gasteiger partial charge >= 0.3 is 0 Å². The molecule has 0 saturated carbocycles. The van der Waals surface area contributed by atoms with Crippen LogP contribution in [0.2, 0.25) is 0 Å². The van der Waals surface area contributed by atoms with Gasteiger partial charge in [-0.2, -0.15) is 0 Å². The Bertz CT molecular complexity index is 750. The van der Waals surface area contributed by atoms with Crippen LogP contribution in [-0.4, -0.2) is 24.0 Å². The topological polar surface area (TPSA) is 45.2 Å². The summed E-state index contributed by atoms with van der Waals surface area (Å²) in [6.07, 6.45) is 9.65. The van der Waals surface area contributed by atoms with Crippen molar-refractivity contribution in [1.29, 1.82) is 0 Å². The lowest BCUT2D eigenvalue weighted by molar-refractivity contribution is -0.116. The fourth-order valence-electron chi connectivity index (χ4n) is 3.03. The molecule has 2 heterocycles. The first-order valence-electron chi connectivity index (χ1n) is 9.13. The van der Waals surface area contributed by atoms with E-state index in [0.717, 1.165) is 24.5 Å². The molecule has 3 rings (SSSR count). The summed E-state index contributed by atoms with van der Waals surface area (Å²) in [7, 11) is 0. The molecule has 1 aliphatic rings. The zero-order valence-electron chi connectivity index (χ0n) is 14.8. The van der Waals surface area contributed by atoms with Crippen LogP contribution in [0.1, 0.15) is 36.8 Å². The lowest BCUT2D eigenvalue weighted by Gasteiger charge is -2.21. The maximum atomic E-state index is 13.5. The third-order valence-electron chi connectivity index (χ3n) is 4.53. The van der Waals surface area contributed by atoms with Crippen LogP contribution < -0.4 is 10.2 Å². The second-order valence-corrected chi connectivity index (χ2v) is 6.50. The second kappa shape index (κ2) is 9.13. The van der Waals surface area contributed by atoms with E-state index in [4.69, 9.17) is 0 Å². The van der Waals surface area contributed by atoms with Gasteiger partial charge in [0.2, 0.25) is 5.91 Å². The Morgan fingerprint density at radius 2 is 1.88 bits per heavy atom. The highest BCUT2D eigenvalue weighted by Gasteiger charge is 2.10. The molecule has 0 unspecified atom stereocenters. The summed E-state index contributed by atoms with van der Waals surface area (Å²) in [5.41, 5.74) is 1.34. The molecule has 0 radical (unpaired) electrons. The molecule has 0 spiro atoms. The molecule has 5 heteroatoms. The molecule has 1 saturated heterocycles. The normalized spacial score (nSPS) is 15.0. The molecule has 0 aliphatic carbocycles. The smallest absolute Gasteiger partial charge is 0.244 e. The van der Waals surface area contributed by atoms with E-state index in [9.17, 15) is 9.18 Å². The number of amides is 1. The second-order valence-electron chi connectivity index (χ2n) is 6.50. The number of nitrogens with one attached hydrogen (secondary N) is 1. The highest BCUT2D eigenvalue weighted by molar-refractivity contribution is 5.91. The zero-order valence-corrected chi connectivity index (χ0v) is 14.8. The van der Waals surface area contributed by atoms with E-state index >= 15 is 0 Å². The first-order valence-corrected chi connectivity index (χ1v) is 9.13. The van der Waals surface area contributed by atoms with Crippen LogP contribution >= 0.6 is 0 Å². The van der Waals surface area contributed by atoms with E-state index in [2.05, 4.69) is 15.2 Å². The van der Waals surface area contributed by atoms with E-state index in [1.165, 1.54) is 43.9 Å². The van der Waals surface area contributed by atoms with Gasteiger partial charge in [0.1, 0.15) is 11.6 Å². The standard InChI is InChI=1S/C21H24FN3O/c22-19-8-4-3-7-18(19)10-12-21(26)24-16-17-9-11-20(23-15-17)25-13-5-1-2-6-14-25/h3-4,7-12,15H,1-2,5-6,13-14,16H2,(H,24,26). The molecule has 0 bridgehead atoms. The van der Waals surface area contributed by atoms with Gasteiger partial charge in [0, 0.05) is 37.5 Å². The molecule has 1 aromatic carbocycles. The average molecular weight is 353 g/mol. The van der Waals surface area contributed by atoms with Gasteiger partial charge in [0.25, 0.3) is 0 Å². The molecule has 26 heavy (non-hydrogen) atoms. The summed E-state index contributed by atoms with van der Waals surface area (Å²) in [5.74, 6) is 0.399. The highest BCUT2D eigenvalue weighted by Crippen LogP contribution is 2.17. The Morgan fingerprint density at radius 3 is 2.58 bits per heavy atom. The summed E-state index contributed by atoms with van der Waals surface area (Å²) in [6.45, 7) is 2.52. The van der Waals surface area contributed by atoms with Crippen molar-refractivity contribution in [2.45, 2.75) is 32.2 Å². The Morgan fingerprint density at radius 1 is 1.12 bits per heavy atom. The molecular formula is C21H24FN3O. The SMILES string of the molecule is O=C(C=Cc1ccccc1F)NCc1ccc(N2CCCCCC2)nc1. The first-order chi connectivity index (χ1) is 12.7. The van der Waals surface area contributed by atoms with Gasteiger partial charge < -0.3 is 10.2 Å². The van der Waals surface area contributed by atoms with Gasteiger partial charge in [0.05, 0.1) is 0 Å². The summed E-state index contributed by atoms with van der Waals surface area (Å²) in [6, 6.07) is 10.4. The van der Waals surface area contributed by atoms with Crippen molar-refractivity contribution in [2.24, 2.45) is 0 Å². The number of rotatable bonds is 5. The van der Waals surface area contributed by atoms with Gasteiger partial charge in [-0.3, -0.25) is 4.79 Å². The molecule has 1 fully saturated rings. The van der Waals surface area contributed by atoms with Crippen molar-refractivity contribution in [2.75, 3.05) is 18.0 Å². The molecule has 0 atom stereocenters. The van der Waals surface area contributed by atoms with Gasteiger partial charge in [0.15, 0.2) is 0 Å². The number of hydrogen-bond donors (Lipinski definition) is 1. The van der Waals surface area contributed by atoms with Crippen molar-refractivity contribution >= 4 is 17.8 Å². The van der Waals surface area contributed by atoms with E-state index in [1.807, 2.05) is 12.1 Å². The number of carbonyl (C=O) groups is 1. The summed E-state index contributed by atoms with van der Waals surface area (Å²) >= 11 is 0. The van der Waals surface area contributed by atoms with E-state index < -0.39 is 0 Å². The third kappa shape index (κ3) is 5.15. The van der Waals surface area contributed by atoms with Crippen LogP contribution in [0.4, 0.5) is 10.2 Å². The predicted molar refractivity (Wildman–Crippen MR) is 102 cm³/mol. The lowest BCUT2D eigenvalue weighted by atomic mass is 10.2. The highest BCUT2D eigenvalue weighted by atomic mass is 19.1. The van der Waals surface area contributed by atoms with Crippen molar-refractivity contribution in [3.63, 3.8) is 0 Å². The number of carbonyl (C=O) groups excluding carboxylic acids is 1. The zero-order chi connectivity index (χ0) is 18.2. The molecule has 136 valence electrons. The van der Waals surface area contributed by atoms with Crippen molar-refractivity contribution in [3.8, 4) is 0 Å². The van der Waals surface area contributed by atoms with Crippen LogP contribution in [0.25, 0.3) is 6.08 Å². The summed E-state index contributed by atoms with van der Waals surface area (Å²) < 4.78 is 13.5. The molecule has 2 aromatic rings. The van der Waals surface area contributed by atoms with Crippen LogP contribution in [0.15, 0.2) is 48.7 Å². The molecule has 1 amide bonds. The number of pyridine rings is 1. The number of nitrogens with zero attached hydrogens (tertiary/aromatic N) is 2. The monoisotopic (exact) mass is 353 g/mol. The van der Waals surface area contributed by atoms with Crippen LogP contribution in [0.3, 0.4) is 0 Å². The van der Waals surface area contributed by atoms with E-state index in [0.29, 0.717) is 12.1 Å². The summed E-state index contributed by atoms with van der Waals surface area (Å²) in [4.78, 5) is 18.8. The maximum absolute atomic E-state index is 13.5. The van der Waals surface area contributed by atoms with Gasteiger partial charge in [-0.25, -0.2) is 9.37 Å². The number of hydrogen-bond acceptors (Lipinski definition) is 3. The van der Waals surface area contributed by atoms with Crippen LogP contribution in [0.5, 0.6) is 0 Å². The molecular weight excluding hydrogens is 329 g/mol. The minimum absolute atomic E-state index is 0.259. The number of aromatic nitrogens is 1. The Kier molecular flexibility index (Phi) is 6.36. The lowest BCUT2D eigenvalue weighted by Crippen LogP contribution is -2.25. The number of halogens is 1. The van der Waals surface area contributed by atoms with E-state index in [-0.39, 0.29) is 11.7 Å². The quantitative estimate of drug-likeness (QED) is 0.829. The minimum atomic E-state index is -0.343. The van der Waals surface area contributed by atoms with Crippen molar-refractivity contribution in [1.82, 2.24) is 10.3 Å². The first kappa shape index (κ1) is 18.1. The Balaban J connectivity index is 1.51. The van der Waals surface area contributed by atoms with Crippen LogP contribution in [-0.2, 0) is 11.3 Å². The molecule has 1 aromatic heterocycles. The van der Waals surface area contributed by atoms with Gasteiger partial charge in [-0.1, -0.05) is 37.1 Å². The Hall–Kier alpha value is -2.69.